The van der Waals surface area contributed by atoms with Crippen molar-refractivity contribution in [3.8, 4) is 0 Å². The maximum absolute atomic E-state index is 14.1. The first-order chi connectivity index (χ1) is 24.3. The van der Waals surface area contributed by atoms with Gasteiger partial charge in [0, 0.05) is 19.2 Å². The van der Waals surface area contributed by atoms with Crippen molar-refractivity contribution < 1.29 is 38.4 Å². The van der Waals surface area contributed by atoms with Gasteiger partial charge in [-0.1, -0.05) is 60.7 Å². The van der Waals surface area contributed by atoms with Crippen LogP contribution in [0.25, 0.3) is 0 Å². The van der Waals surface area contributed by atoms with Gasteiger partial charge in [0.1, 0.15) is 29.8 Å². The number of rotatable bonds is 16. The molecule has 3 N–H and O–H groups in total. The summed E-state index contributed by atoms with van der Waals surface area (Å²) in [4.78, 5) is 69.9. The second-order valence-corrected chi connectivity index (χ2v) is 14.0. The number of carbonyl (C=O) groups excluding carboxylic acids is 4. The van der Waals surface area contributed by atoms with Gasteiger partial charge in [0.05, 0.1) is 32.7 Å². The molecule has 2 heterocycles. The summed E-state index contributed by atoms with van der Waals surface area (Å²) in [5.74, 6) is -1.15. The van der Waals surface area contributed by atoms with E-state index in [0.717, 1.165) is 24.0 Å². The highest BCUT2D eigenvalue weighted by Gasteiger charge is 2.36. The predicted molar refractivity (Wildman–Crippen MR) is 189 cm³/mol. The van der Waals surface area contributed by atoms with Gasteiger partial charge >= 0.3 is 6.09 Å². The Morgan fingerprint density at radius 2 is 1.63 bits per heavy atom. The second kappa shape index (κ2) is 17.9. The van der Waals surface area contributed by atoms with Crippen molar-refractivity contribution in [3.05, 3.63) is 84.3 Å². The maximum atomic E-state index is 14.1. The van der Waals surface area contributed by atoms with Crippen LogP contribution in [0.4, 0.5) is 10.6 Å². The molecule has 0 radical (unpaired) electrons. The van der Waals surface area contributed by atoms with Crippen LogP contribution >= 0.6 is 0 Å². The Hall–Kier alpha value is -4.79. The molecule has 0 bridgehead atoms. The van der Waals surface area contributed by atoms with Crippen LogP contribution in [0.15, 0.2) is 73.2 Å². The van der Waals surface area contributed by atoms with Crippen molar-refractivity contribution in [2.24, 2.45) is 0 Å². The third kappa shape index (κ3) is 11.9. The van der Waals surface area contributed by atoms with E-state index in [1.54, 1.807) is 31.5 Å². The minimum atomic E-state index is -1.44. The molecule has 0 aliphatic carbocycles. The van der Waals surface area contributed by atoms with Crippen molar-refractivity contribution in [1.29, 1.82) is 0 Å². The van der Waals surface area contributed by atoms with Crippen molar-refractivity contribution in [3.63, 3.8) is 0 Å². The number of anilines is 1. The van der Waals surface area contributed by atoms with Gasteiger partial charge in [-0.3, -0.25) is 14.4 Å². The van der Waals surface area contributed by atoms with Gasteiger partial charge in [0.2, 0.25) is 11.8 Å². The molecule has 0 saturated carbocycles. The minimum Gasteiger partial charge on any atom is -0.444 e. The molecule has 14 heteroatoms. The van der Waals surface area contributed by atoms with E-state index in [4.69, 9.17) is 19.2 Å². The number of nitrogens with one attached hydrogen (secondary N) is 3. The number of hydrogen-bond acceptors (Lipinski definition) is 9. The fraction of sp³-hybridized carbons (Fsp3) is 0.486. The zero-order valence-electron chi connectivity index (χ0n) is 30.2. The third-order valence-corrected chi connectivity index (χ3v) is 8.21. The lowest BCUT2D eigenvalue weighted by Crippen LogP contribution is -2.59. The van der Waals surface area contributed by atoms with E-state index in [1.165, 1.54) is 27.3 Å². The topological polar surface area (TPSA) is 162 Å². The summed E-state index contributed by atoms with van der Waals surface area (Å²) in [5.41, 5.74) is -0.362. The molecular formula is C37H50N6O8. The molecule has 4 amide bonds. The Kier molecular flexibility index (Phi) is 13.7. The summed E-state index contributed by atoms with van der Waals surface area (Å²) < 4.78 is 12.9. The van der Waals surface area contributed by atoms with Gasteiger partial charge in [0.15, 0.2) is 5.82 Å². The predicted octanol–water partition coefficient (Wildman–Crippen LogP) is 4.18. The van der Waals surface area contributed by atoms with Crippen LogP contribution in [0.3, 0.4) is 0 Å². The molecule has 1 aliphatic rings. The highest BCUT2D eigenvalue weighted by molar-refractivity contribution is 5.98. The molecular weight excluding hydrogens is 656 g/mol. The number of ether oxygens (including phenoxy) is 2. The third-order valence-electron chi connectivity index (χ3n) is 8.21. The molecule has 1 fully saturated rings. The Balaban J connectivity index is 1.51. The van der Waals surface area contributed by atoms with Crippen LogP contribution < -0.4 is 16.0 Å². The number of likely N-dealkylation sites (tertiary alicyclic amines) is 1. The van der Waals surface area contributed by atoms with Gasteiger partial charge < -0.3 is 34.9 Å². The van der Waals surface area contributed by atoms with Crippen LogP contribution in [0, 0.1) is 0 Å². The van der Waals surface area contributed by atoms with Crippen LogP contribution in [0.5, 0.6) is 0 Å². The van der Waals surface area contributed by atoms with Gasteiger partial charge in [-0.25, -0.2) is 19.6 Å². The van der Waals surface area contributed by atoms with Crippen LogP contribution in [0.1, 0.15) is 64.6 Å². The SMILES string of the molecule is COOCC1CCCN1C(=O)C(Cc1ccccc1)n1cnc(NC(=O)[C@@H](COCc2ccccc2)NC(=O)C(C)(C)NC(=O)OC(C)(C)C)c1. The molecule has 4 rings (SSSR count). The van der Waals surface area contributed by atoms with Crippen molar-refractivity contribution in [2.75, 3.05) is 32.2 Å². The fourth-order valence-corrected chi connectivity index (χ4v) is 5.59. The maximum Gasteiger partial charge on any atom is 0.408 e. The number of carbonyl (C=O) groups is 4. The average molecular weight is 707 g/mol. The smallest absolute Gasteiger partial charge is 0.408 e. The number of amides is 4. The first-order valence-electron chi connectivity index (χ1n) is 17.0. The molecule has 3 aromatic rings. The zero-order valence-corrected chi connectivity index (χ0v) is 30.2. The van der Waals surface area contributed by atoms with Crippen LogP contribution in [0.2, 0.25) is 0 Å². The average Bonchev–Trinajstić information content (AvgIpc) is 3.75. The van der Waals surface area contributed by atoms with Crippen LogP contribution in [-0.4, -0.2) is 88.4 Å². The number of hydrogen-bond donors (Lipinski definition) is 3. The molecule has 51 heavy (non-hydrogen) atoms. The Morgan fingerprint density at radius 1 is 0.961 bits per heavy atom. The summed E-state index contributed by atoms with van der Waals surface area (Å²) in [7, 11) is 1.44. The fourth-order valence-electron chi connectivity index (χ4n) is 5.59. The lowest BCUT2D eigenvalue weighted by atomic mass is 10.0. The molecule has 14 nitrogen and oxygen atoms in total. The number of imidazole rings is 1. The molecule has 3 atom stereocenters. The zero-order chi connectivity index (χ0) is 37.0. The van der Waals surface area contributed by atoms with E-state index < -0.39 is 41.1 Å². The number of benzene rings is 2. The second-order valence-electron chi connectivity index (χ2n) is 14.0. The van der Waals surface area contributed by atoms with E-state index in [-0.39, 0.29) is 37.6 Å². The summed E-state index contributed by atoms with van der Waals surface area (Å²) in [6.45, 7) is 9.02. The van der Waals surface area contributed by atoms with Crippen LogP contribution in [-0.2, 0) is 46.7 Å². The van der Waals surface area contributed by atoms with Gasteiger partial charge in [-0.15, -0.1) is 0 Å². The highest BCUT2D eigenvalue weighted by Crippen LogP contribution is 2.26. The summed E-state index contributed by atoms with van der Waals surface area (Å²) in [5, 5.41) is 8.03. The number of nitrogens with zero attached hydrogens (tertiary/aromatic N) is 3. The lowest BCUT2D eigenvalue weighted by Gasteiger charge is -2.29. The minimum absolute atomic E-state index is 0.101. The highest BCUT2D eigenvalue weighted by atomic mass is 17.2. The normalized spacial score (nSPS) is 15.9. The van der Waals surface area contributed by atoms with Gasteiger partial charge in [-0.05, 0) is 58.6 Å². The Morgan fingerprint density at radius 3 is 2.27 bits per heavy atom. The van der Waals surface area contributed by atoms with E-state index in [0.29, 0.717) is 13.0 Å². The monoisotopic (exact) mass is 706 g/mol. The molecule has 276 valence electrons. The molecule has 2 unspecified atom stereocenters. The molecule has 2 aromatic carbocycles. The molecule has 1 aromatic heterocycles. The van der Waals surface area contributed by atoms with Crippen molar-refractivity contribution in [1.82, 2.24) is 25.1 Å². The van der Waals surface area contributed by atoms with E-state index in [2.05, 4.69) is 20.9 Å². The first-order valence-corrected chi connectivity index (χ1v) is 17.0. The first kappa shape index (κ1) is 39.0. The van der Waals surface area contributed by atoms with E-state index in [9.17, 15) is 19.2 Å². The number of aromatic nitrogens is 2. The molecule has 1 aliphatic heterocycles. The summed E-state index contributed by atoms with van der Waals surface area (Å²) in [6.07, 6.45) is 4.35. The van der Waals surface area contributed by atoms with Crippen molar-refractivity contribution in [2.45, 2.75) is 89.8 Å². The summed E-state index contributed by atoms with van der Waals surface area (Å²) in [6, 6.07) is 17.1. The standard InChI is InChI=1S/C37H50N6O8/c1-36(2,3)51-35(47)41-37(4,5)34(46)39-29(24-49-22-27-16-11-8-12-17-27)32(44)40-31-21-42(25-38-31)30(20-26-14-9-7-10-15-26)33(45)43-19-13-18-28(43)23-50-48-6/h7-12,14-17,21,25,28-30H,13,18-20,22-24H2,1-6H3,(H,39,46)(H,40,44)(H,41,47)/t28?,29-,30?/m1/s1. The number of alkyl carbamates (subject to hydrolysis) is 1. The largest absolute Gasteiger partial charge is 0.444 e. The van der Waals surface area contributed by atoms with Crippen molar-refractivity contribution >= 4 is 29.6 Å². The Labute approximate surface area is 299 Å². The quantitative estimate of drug-likeness (QED) is 0.147. The Bertz CT molecular complexity index is 1590. The van der Waals surface area contributed by atoms with Gasteiger partial charge in [0.25, 0.3) is 5.91 Å². The molecule has 1 saturated heterocycles. The lowest BCUT2D eigenvalue weighted by molar-refractivity contribution is -0.278. The van der Waals surface area contributed by atoms with Gasteiger partial charge in [-0.2, -0.15) is 0 Å². The van der Waals surface area contributed by atoms with E-state index >= 15 is 0 Å². The molecule has 0 spiro atoms. The van der Waals surface area contributed by atoms with E-state index in [1.807, 2.05) is 65.6 Å². The summed E-state index contributed by atoms with van der Waals surface area (Å²) >= 11 is 0.